The predicted octanol–water partition coefficient (Wildman–Crippen LogP) is 0.789. The number of carbonyl (C=O) groups excluding carboxylic acids is 2. The molecule has 7 nitrogen and oxygen atoms in total. The van der Waals surface area contributed by atoms with Crippen molar-refractivity contribution >= 4 is 11.8 Å². The second-order valence-electron chi connectivity index (χ2n) is 6.15. The molecule has 0 saturated carbocycles. The number of carbonyl (C=O) groups is 2. The van der Waals surface area contributed by atoms with Crippen LogP contribution in [0.3, 0.4) is 0 Å². The summed E-state index contributed by atoms with van der Waals surface area (Å²) in [5, 5.41) is 2.73. The van der Waals surface area contributed by atoms with Gasteiger partial charge < -0.3 is 25.4 Å². The maximum atomic E-state index is 12.6. The molecule has 25 heavy (non-hydrogen) atoms. The van der Waals surface area contributed by atoms with Crippen molar-refractivity contribution in [3.8, 4) is 5.75 Å². The zero-order valence-electron chi connectivity index (χ0n) is 14.1. The maximum Gasteiger partial charge on any atom is 0.255 e. The van der Waals surface area contributed by atoms with E-state index in [-0.39, 0.29) is 11.8 Å². The molecule has 3 N–H and O–H groups in total. The van der Waals surface area contributed by atoms with E-state index in [1.165, 1.54) is 0 Å². The molecule has 2 aliphatic heterocycles. The zero-order chi connectivity index (χ0) is 17.8. The molecule has 1 atom stereocenters. The van der Waals surface area contributed by atoms with E-state index < -0.39 is 6.04 Å². The second-order valence-corrected chi connectivity index (χ2v) is 6.15. The lowest BCUT2D eigenvalue weighted by molar-refractivity contribution is -0.126. The molecular weight excluding hydrogens is 322 g/mol. The van der Waals surface area contributed by atoms with Gasteiger partial charge in [0.1, 0.15) is 18.4 Å². The molecular formula is C18H23N3O4. The summed E-state index contributed by atoms with van der Waals surface area (Å²) in [7, 11) is 0. The van der Waals surface area contributed by atoms with Crippen LogP contribution in [0.15, 0.2) is 30.5 Å². The lowest BCUT2D eigenvalue weighted by Crippen LogP contribution is -2.49. The third kappa shape index (κ3) is 3.83. The molecule has 2 aliphatic rings. The van der Waals surface area contributed by atoms with Crippen LogP contribution in [0.2, 0.25) is 0 Å². The fourth-order valence-corrected chi connectivity index (χ4v) is 3.12. The van der Waals surface area contributed by atoms with Crippen LogP contribution in [0.1, 0.15) is 28.8 Å². The largest absolute Gasteiger partial charge is 0.491 e. The van der Waals surface area contributed by atoms with Crippen molar-refractivity contribution in [3.63, 3.8) is 0 Å². The zero-order valence-corrected chi connectivity index (χ0v) is 14.1. The number of amides is 2. The van der Waals surface area contributed by atoms with Gasteiger partial charge in [0, 0.05) is 24.4 Å². The Hall–Kier alpha value is -2.38. The van der Waals surface area contributed by atoms with Gasteiger partial charge in [-0.25, -0.2) is 0 Å². The van der Waals surface area contributed by atoms with Crippen LogP contribution in [0, 0.1) is 0 Å². The first-order valence-electron chi connectivity index (χ1n) is 8.43. The van der Waals surface area contributed by atoms with Crippen molar-refractivity contribution in [2.45, 2.75) is 25.4 Å². The molecule has 1 unspecified atom stereocenters. The van der Waals surface area contributed by atoms with E-state index in [0.717, 1.165) is 5.56 Å². The molecule has 2 heterocycles. The lowest BCUT2D eigenvalue weighted by atomic mass is 10.0. The number of rotatable bonds is 7. The quantitative estimate of drug-likeness (QED) is 0.713. The monoisotopic (exact) mass is 345 g/mol. The summed E-state index contributed by atoms with van der Waals surface area (Å²) in [4.78, 5) is 26.4. The molecule has 1 saturated heterocycles. The molecule has 7 heteroatoms. The van der Waals surface area contributed by atoms with Crippen LogP contribution < -0.4 is 15.8 Å². The SMILES string of the molecule is C=C1CCC(N2Cc3cc(OCCOCCN)ccc3C2=O)C(=O)N1. The number of piperidine rings is 1. The molecule has 3 rings (SSSR count). The van der Waals surface area contributed by atoms with Crippen LogP contribution >= 0.6 is 0 Å². The fourth-order valence-electron chi connectivity index (χ4n) is 3.12. The Morgan fingerprint density at radius 1 is 1.28 bits per heavy atom. The van der Waals surface area contributed by atoms with Crippen molar-refractivity contribution < 1.29 is 19.1 Å². The van der Waals surface area contributed by atoms with Gasteiger partial charge in [-0.1, -0.05) is 6.58 Å². The number of benzene rings is 1. The lowest BCUT2D eigenvalue weighted by Gasteiger charge is -2.30. The third-order valence-corrected chi connectivity index (χ3v) is 4.37. The molecule has 0 spiro atoms. The third-order valence-electron chi connectivity index (χ3n) is 4.37. The van der Waals surface area contributed by atoms with E-state index in [0.29, 0.717) is 62.8 Å². The van der Waals surface area contributed by atoms with Crippen molar-refractivity contribution in [2.75, 3.05) is 26.4 Å². The highest BCUT2D eigenvalue weighted by Gasteiger charge is 2.38. The smallest absolute Gasteiger partial charge is 0.255 e. The molecule has 1 aromatic rings. The Morgan fingerprint density at radius 2 is 2.12 bits per heavy atom. The molecule has 0 bridgehead atoms. The standard InChI is InChI=1S/C18H23N3O4/c1-12-2-5-16(17(22)20-12)21-11-13-10-14(3-4-15(13)18(21)23)25-9-8-24-7-6-19/h3-4,10,16H,1-2,5-9,11,19H2,(H,20,22). The summed E-state index contributed by atoms with van der Waals surface area (Å²) >= 11 is 0. The second kappa shape index (κ2) is 7.67. The minimum Gasteiger partial charge on any atom is -0.491 e. The van der Waals surface area contributed by atoms with Gasteiger partial charge in [0.05, 0.1) is 13.2 Å². The van der Waals surface area contributed by atoms with Crippen LogP contribution in [-0.4, -0.2) is 49.1 Å². The van der Waals surface area contributed by atoms with Gasteiger partial charge in [0.2, 0.25) is 5.91 Å². The summed E-state index contributed by atoms with van der Waals surface area (Å²) in [5.41, 5.74) is 7.57. The van der Waals surface area contributed by atoms with Gasteiger partial charge in [-0.15, -0.1) is 0 Å². The van der Waals surface area contributed by atoms with E-state index in [1.807, 2.05) is 6.07 Å². The van der Waals surface area contributed by atoms with Gasteiger partial charge in [0.15, 0.2) is 0 Å². The average Bonchev–Trinajstić information content (AvgIpc) is 2.91. The van der Waals surface area contributed by atoms with E-state index in [4.69, 9.17) is 15.2 Å². The van der Waals surface area contributed by atoms with E-state index >= 15 is 0 Å². The van der Waals surface area contributed by atoms with Gasteiger partial charge in [0.25, 0.3) is 5.91 Å². The summed E-state index contributed by atoms with van der Waals surface area (Å²) in [6.45, 7) is 6.07. The number of hydrogen-bond acceptors (Lipinski definition) is 5. The number of ether oxygens (including phenoxy) is 2. The predicted molar refractivity (Wildman–Crippen MR) is 92.0 cm³/mol. The Labute approximate surface area is 146 Å². The maximum absolute atomic E-state index is 12.6. The topological polar surface area (TPSA) is 93.9 Å². The van der Waals surface area contributed by atoms with Crippen LogP contribution in [-0.2, 0) is 16.1 Å². The van der Waals surface area contributed by atoms with Crippen LogP contribution in [0.25, 0.3) is 0 Å². The fraction of sp³-hybridized carbons (Fsp3) is 0.444. The molecule has 134 valence electrons. The first-order chi connectivity index (χ1) is 12.1. The molecule has 2 amide bonds. The van der Waals surface area contributed by atoms with E-state index in [9.17, 15) is 9.59 Å². The van der Waals surface area contributed by atoms with Crippen molar-refractivity contribution in [2.24, 2.45) is 5.73 Å². The van der Waals surface area contributed by atoms with Crippen molar-refractivity contribution in [3.05, 3.63) is 41.6 Å². The van der Waals surface area contributed by atoms with Gasteiger partial charge in [-0.3, -0.25) is 9.59 Å². The number of hydrogen-bond donors (Lipinski definition) is 2. The minimum atomic E-state index is -0.445. The average molecular weight is 345 g/mol. The number of nitrogens with two attached hydrogens (primary N) is 1. The highest BCUT2D eigenvalue weighted by molar-refractivity contribution is 6.01. The minimum absolute atomic E-state index is 0.111. The highest BCUT2D eigenvalue weighted by atomic mass is 16.5. The highest BCUT2D eigenvalue weighted by Crippen LogP contribution is 2.30. The first-order valence-corrected chi connectivity index (χ1v) is 8.43. The van der Waals surface area contributed by atoms with Crippen LogP contribution in [0.5, 0.6) is 5.75 Å². The molecule has 1 aromatic carbocycles. The van der Waals surface area contributed by atoms with E-state index in [2.05, 4.69) is 11.9 Å². The van der Waals surface area contributed by atoms with Crippen molar-refractivity contribution in [1.29, 1.82) is 0 Å². The Bertz CT molecular complexity index is 689. The molecule has 0 aliphatic carbocycles. The van der Waals surface area contributed by atoms with Gasteiger partial charge in [-0.05, 0) is 36.6 Å². The summed E-state index contributed by atoms with van der Waals surface area (Å²) < 4.78 is 10.9. The summed E-state index contributed by atoms with van der Waals surface area (Å²) in [6, 6.07) is 4.94. The first kappa shape index (κ1) is 17.4. The molecule has 0 radical (unpaired) electrons. The normalized spacial score (nSPS) is 19.8. The summed E-state index contributed by atoms with van der Waals surface area (Å²) in [6.07, 6.45) is 1.29. The Morgan fingerprint density at radius 3 is 2.88 bits per heavy atom. The molecule has 0 aromatic heterocycles. The number of fused-ring (bicyclic) bond motifs is 1. The summed E-state index contributed by atoms with van der Waals surface area (Å²) in [5.74, 6) is 0.414. The van der Waals surface area contributed by atoms with Crippen molar-refractivity contribution in [1.82, 2.24) is 10.2 Å². The number of nitrogens with zero attached hydrogens (tertiary/aromatic N) is 1. The number of allylic oxidation sites excluding steroid dienone is 1. The van der Waals surface area contributed by atoms with Crippen LogP contribution in [0.4, 0.5) is 0 Å². The molecule has 1 fully saturated rings. The van der Waals surface area contributed by atoms with E-state index in [1.54, 1.807) is 17.0 Å². The Balaban J connectivity index is 1.63. The number of nitrogens with one attached hydrogen (secondary N) is 1. The van der Waals surface area contributed by atoms with Gasteiger partial charge in [-0.2, -0.15) is 0 Å². The van der Waals surface area contributed by atoms with Gasteiger partial charge >= 0.3 is 0 Å². The Kier molecular flexibility index (Phi) is 5.35.